The molecule has 3 aromatic carbocycles. The average Bonchev–Trinajstić information content (AvgIpc) is 3.62. The molecule has 1 aromatic heterocycles. The van der Waals surface area contributed by atoms with E-state index < -0.39 is 6.36 Å². The number of aromatic nitrogens is 3. The van der Waals surface area contributed by atoms with Gasteiger partial charge >= 0.3 is 6.36 Å². The maximum absolute atomic E-state index is 12.7. The van der Waals surface area contributed by atoms with E-state index in [1.165, 1.54) is 47.0 Å². The zero-order chi connectivity index (χ0) is 31.3. The van der Waals surface area contributed by atoms with Gasteiger partial charge in [0.15, 0.2) is 16.1 Å². The molecule has 8 nitrogen and oxygen atoms in total. The molecule has 0 bridgehead atoms. The van der Waals surface area contributed by atoms with Gasteiger partial charge in [-0.1, -0.05) is 68.1 Å². The first-order chi connectivity index (χ1) is 21.1. The van der Waals surface area contributed by atoms with Crippen molar-refractivity contribution in [1.29, 1.82) is 0 Å². The highest BCUT2D eigenvalue weighted by Crippen LogP contribution is 2.33. The third-order valence-electron chi connectivity index (χ3n) is 6.72. The van der Waals surface area contributed by atoms with Gasteiger partial charge in [-0.3, -0.25) is 9.69 Å². The van der Waals surface area contributed by atoms with Gasteiger partial charge in [0.05, 0.1) is 17.1 Å². The van der Waals surface area contributed by atoms with E-state index in [-0.39, 0.29) is 17.6 Å². The van der Waals surface area contributed by atoms with Gasteiger partial charge in [0.25, 0.3) is 0 Å². The largest absolute Gasteiger partial charge is 0.573 e. The number of carbonyl (C=O) groups excluding carboxylic acids is 1. The van der Waals surface area contributed by atoms with E-state index in [4.69, 9.17) is 12.2 Å². The molecule has 1 amide bonds. The molecule has 1 N–H and O–H groups in total. The molecule has 0 saturated carbocycles. The molecule has 1 saturated heterocycles. The number of alkyl halides is 3. The first kappa shape index (κ1) is 31.2. The number of nitrogens with zero attached hydrogens (tertiary/aromatic N) is 5. The molecule has 1 aliphatic rings. The maximum atomic E-state index is 12.7. The number of aliphatic imine (C=N–C) groups is 1. The summed E-state index contributed by atoms with van der Waals surface area (Å²) in [6, 6.07) is 21.1. The minimum absolute atomic E-state index is 0.0105. The number of amidine groups is 1. The molecule has 13 heteroatoms. The Bertz CT molecular complexity index is 1650. The highest BCUT2D eigenvalue weighted by Gasteiger charge is 2.32. The summed E-state index contributed by atoms with van der Waals surface area (Å²) in [5.41, 5.74) is 4.42. The Kier molecular flexibility index (Phi) is 9.64. The van der Waals surface area contributed by atoms with Crippen molar-refractivity contribution in [3.8, 4) is 22.8 Å². The van der Waals surface area contributed by atoms with Crippen LogP contribution in [0.2, 0.25) is 0 Å². The second-order valence-electron chi connectivity index (χ2n) is 10.2. The molecule has 228 valence electrons. The normalized spacial score (nSPS) is 14.5. The lowest BCUT2D eigenvalue weighted by atomic mass is 10.0. The number of aryl methyl sites for hydroxylation is 1. The summed E-state index contributed by atoms with van der Waals surface area (Å²) >= 11 is 6.85. The van der Waals surface area contributed by atoms with Crippen molar-refractivity contribution in [3.63, 3.8) is 0 Å². The SMILES string of the molecule is CC(C)c1ccccc1N1C(=O)CSC1=NC(=S)NCCCc1ccc(-c2ncn(-c3ccc(OC(F)(F)F)cc3)n2)cc1. The number of hydrogen-bond acceptors (Lipinski definition) is 6. The molecule has 0 aliphatic carbocycles. The molecular weight excluding hydrogens is 610 g/mol. The minimum Gasteiger partial charge on any atom is -0.406 e. The van der Waals surface area contributed by atoms with Crippen molar-refractivity contribution in [2.24, 2.45) is 4.99 Å². The number of carbonyl (C=O) groups is 1. The molecule has 2 heterocycles. The number of thiocarbonyl (C=S) groups is 1. The number of anilines is 1. The summed E-state index contributed by atoms with van der Waals surface area (Å²) in [6.45, 7) is 4.82. The topological polar surface area (TPSA) is 84.6 Å². The molecule has 5 rings (SSSR count). The third-order valence-corrected chi connectivity index (χ3v) is 7.88. The van der Waals surface area contributed by atoms with Crippen LogP contribution in [0.3, 0.4) is 0 Å². The van der Waals surface area contributed by atoms with Crippen LogP contribution < -0.4 is 15.0 Å². The first-order valence-corrected chi connectivity index (χ1v) is 15.2. The molecule has 1 aliphatic heterocycles. The quantitative estimate of drug-likeness (QED) is 0.158. The molecular formula is C31H29F3N6O2S2. The van der Waals surface area contributed by atoms with E-state index in [9.17, 15) is 18.0 Å². The van der Waals surface area contributed by atoms with Crippen LogP contribution >= 0.6 is 24.0 Å². The number of benzene rings is 3. The van der Waals surface area contributed by atoms with Crippen molar-refractivity contribution >= 4 is 45.9 Å². The molecule has 0 atom stereocenters. The summed E-state index contributed by atoms with van der Waals surface area (Å²) in [5, 5.41) is 8.55. The van der Waals surface area contributed by atoms with Crippen molar-refractivity contribution in [2.45, 2.75) is 39.0 Å². The lowest BCUT2D eigenvalue weighted by Crippen LogP contribution is -2.32. The van der Waals surface area contributed by atoms with Crippen LogP contribution in [0.5, 0.6) is 5.75 Å². The zero-order valence-electron chi connectivity index (χ0n) is 23.9. The molecule has 0 spiro atoms. The van der Waals surface area contributed by atoms with Gasteiger partial charge in [-0.05, 0) is 72.4 Å². The van der Waals surface area contributed by atoms with Crippen LogP contribution in [-0.2, 0) is 11.2 Å². The fourth-order valence-electron chi connectivity index (χ4n) is 4.62. The van der Waals surface area contributed by atoms with E-state index in [2.05, 4.69) is 39.0 Å². The van der Waals surface area contributed by atoms with Gasteiger partial charge in [0.1, 0.15) is 12.1 Å². The van der Waals surface area contributed by atoms with E-state index in [1.807, 2.05) is 48.5 Å². The summed E-state index contributed by atoms with van der Waals surface area (Å²) < 4.78 is 42.6. The van der Waals surface area contributed by atoms with Gasteiger partial charge in [-0.15, -0.1) is 18.3 Å². The zero-order valence-corrected chi connectivity index (χ0v) is 25.5. The van der Waals surface area contributed by atoms with Crippen LogP contribution in [0.25, 0.3) is 17.1 Å². The monoisotopic (exact) mass is 638 g/mol. The molecule has 0 radical (unpaired) electrons. The first-order valence-electron chi connectivity index (χ1n) is 13.9. The molecule has 0 unspecified atom stereocenters. The van der Waals surface area contributed by atoms with Crippen molar-refractivity contribution in [3.05, 3.63) is 90.3 Å². The fourth-order valence-corrected chi connectivity index (χ4v) is 5.73. The molecule has 1 fully saturated rings. The second-order valence-corrected chi connectivity index (χ2v) is 11.5. The Morgan fingerprint density at radius 3 is 2.52 bits per heavy atom. The van der Waals surface area contributed by atoms with Crippen LogP contribution in [0.15, 0.2) is 84.1 Å². The van der Waals surface area contributed by atoms with Crippen LogP contribution in [0.1, 0.15) is 37.3 Å². The van der Waals surface area contributed by atoms with Gasteiger partial charge in [-0.2, -0.15) is 4.99 Å². The summed E-state index contributed by atoms with van der Waals surface area (Å²) in [7, 11) is 0. The Morgan fingerprint density at radius 2 is 1.82 bits per heavy atom. The number of halogens is 3. The highest BCUT2D eigenvalue weighted by molar-refractivity contribution is 8.15. The number of nitrogens with one attached hydrogen (secondary N) is 1. The predicted molar refractivity (Wildman–Crippen MR) is 170 cm³/mol. The second kappa shape index (κ2) is 13.6. The summed E-state index contributed by atoms with van der Waals surface area (Å²) in [4.78, 5) is 23.3. The Balaban J connectivity index is 1.12. The van der Waals surface area contributed by atoms with Crippen LogP contribution in [0, 0.1) is 0 Å². The van der Waals surface area contributed by atoms with Crippen molar-refractivity contribution in [2.75, 3.05) is 17.2 Å². The number of ether oxygens (including phenoxy) is 1. The fraction of sp³-hybridized carbons (Fsp3) is 0.258. The van der Waals surface area contributed by atoms with Gasteiger partial charge in [0.2, 0.25) is 5.91 Å². The number of para-hydroxylation sites is 1. The smallest absolute Gasteiger partial charge is 0.406 e. The van der Waals surface area contributed by atoms with Gasteiger partial charge in [0, 0.05) is 12.1 Å². The minimum atomic E-state index is -4.74. The predicted octanol–water partition coefficient (Wildman–Crippen LogP) is 6.90. The number of amides is 1. The lowest BCUT2D eigenvalue weighted by Gasteiger charge is -2.21. The maximum Gasteiger partial charge on any atom is 0.573 e. The standard InChI is InChI=1S/C31H29F3N6O2S2/c1-20(2)25-7-3-4-8-26(25)40-27(41)18-44-30(40)37-29(43)35-17-5-6-21-9-11-22(12-10-21)28-36-19-39(38-28)23-13-15-24(16-14-23)42-31(32,33)34/h3-4,7-16,19-20H,5-6,17-18H2,1-2H3,(H,35,43). The van der Waals surface area contributed by atoms with E-state index in [0.29, 0.717) is 34.1 Å². The summed E-state index contributed by atoms with van der Waals surface area (Å²) in [6.07, 6.45) is -1.62. The average molecular weight is 639 g/mol. The van der Waals surface area contributed by atoms with Crippen LogP contribution in [0.4, 0.5) is 18.9 Å². The molecule has 44 heavy (non-hydrogen) atoms. The Labute approximate surface area is 262 Å². The van der Waals surface area contributed by atoms with Crippen molar-refractivity contribution < 1.29 is 22.7 Å². The number of rotatable bonds is 9. The Hall–Kier alpha value is -4.23. The molecule has 4 aromatic rings. The highest BCUT2D eigenvalue weighted by atomic mass is 32.2. The van der Waals surface area contributed by atoms with E-state index in [0.717, 1.165) is 35.2 Å². The number of hydrogen-bond donors (Lipinski definition) is 1. The lowest BCUT2D eigenvalue weighted by molar-refractivity contribution is -0.274. The van der Waals surface area contributed by atoms with Gasteiger partial charge in [-0.25, -0.2) is 9.67 Å². The third kappa shape index (κ3) is 7.83. The van der Waals surface area contributed by atoms with E-state index in [1.54, 1.807) is 4.90 Å². The number of thioether (sulfide) groups is 1. The van der Waals surface area contributed by atoms with Gasteiger partial charge < -0.3 is 10.1 Å². The Morgan fingerprint density at radius 1 is 1.09 bits per heavy atom. The van der Waals surface area contributed by atoms with Crippen LogP contribution in [-0.4, -0.2) is 49.6 Å². The van der Waals surface area contributed by atoms with E-state index >= 15 is 0 Å². The van der Waals surface area contributed by atoms with Crippen molar-refractivity contribution in [1.82, 2.24) is 20.1 Å². The summed E-state index contributed by atoms with van der Waals surface area (Å²) in [5.74, 6) is 0.764.